The molecule has 0 bridgehead atoms. The van der Waals surface area contributed by atoms with Crippen LogP contribution in [0, 0.1) is 0 Å². The van der Waals surface area contributed by atoms with E-state index in [1.807, 2.05) is 6.92 Å². The number of alkyl halides is 1. The molecule has 6 heteroatoms. The monoisotopic (exact) mass is 310 g/mol. The Morgan fingerprint density at radius 1 is 1.52 bits per heavy atom. The van der Waals surface area contributed by atoms with Crippen LogP contribution in [0.5, 0.6) is 0 Å². The molecule has 2 aliphatic rings. The Labute approximate surface area is 129 Å². The maximum atomic E-state index is 11.5. The highest BCUT2D eigenvalue weighted by Gasteiger charge is 2.23. The number of carbonyl (C=O) groups is 2. The van der Waals surface area contributed by atoms with E-state index in [4.69, 9.17) is 16.4 Å². The van der Waals surface area contributed by atoms with Crippen molar-refractivity contribution in [1.29, 1.82) is 0 Å². The van der Waals surface area contributed by atoms with Crippen LogP contribution in [0.3, 0.4) is 0 Å². The first-order chi connectivity index (χ1) is 10.1. The van der Waals surface area contributed by atoms with Gasteiger partial charge in [-0.15, -0.1) is 11.6 Å². The van der Waals surface area contributed by atoms with E-state index in [0.717, 1.165) is 16.8 Å². The third-order valence-corrected chi connectivity index (χ3v) is 3.70. The van der Waals surface area contributed by atoms with E-state index >= 15 is 0 Å². The molecule has 1 aliphatic heterocycles. The lowest BCUT2D eigenvalue weighted by atomic mass is 9.95. The van der Waals surface area contributed by atoms with Crippen LogP contribution in [-0.4, -0.2) is 24.1 Å². The van der Waals surface area contributed by atoms with Crippen molar-refractivity contribution >= 4 is 23.3 Å². The predicted octanol–water partition coefficient (Wildman–Crippen LogP) is 2.10. The van der Waals surface area contributed by atoms with Gasteiger partial charge in [0.05, 0.1) is 5.70 Å². The van der Waals surface area contributed by atoms with E-state index in [0.29, 0.717) is 43.9 Å². The molecule has 1 aliphatic carbocycles. The van der Waals surface area contributed by atoms with E-state index in [2.05, 4.69) is 10.8 Å². The van der Waals surface area contributed by atoms with Crippen molar-refractivity contribution in [3.05, 3.63) is 34.8 Å². The normalized spacial score (nSPS) is 17.3. The van der Waals surface area contributed by atoms with Crippen LogP contribution in [0.2, 0.25) is 0 Å². The maximum Gasteiger partial charge on any atom is 0.220 e. The number of hydroxylamine groups is 1. The molecule has 0 aromatic heterocycles. The van der Waals surface area contributed by atoms with Gasteiger partial charge < -0.3 is 10.2 Å². The fourth-order valence-electron chi connectivity index (χ4n) is 2.22. The summed E-state index contributed by atoms with van der Waals surface area (Å²) < 4.78 is 0. The van der Waals surface area contributed by atoms with E-state index in [-0.39, 0.29) is 11.7 Å². The molecule has 1 amide bonds. The molecule has 0 spiro atoms. The van der Waals surface area contributed by atoms with Crippen molar-refractivity contribution in [2.75, 3.05) is 12.4 Å². The van der Waals surface area contributed by atoms with Crippen LogP contribution in [0.1, 0.15) is 32.6 Å². The minimum absolute atomic E-state index is 0.00160. The summed E-state index contributed by atoms with van der Waals surface area (Å²) in [5.74, 6) is 1.26. The Hall–Kier alpha value is -1.75. The topological polar surface area (TPSA) is 67.4 Å². The number of halogens is 1. The summed E-state index contributed by atoms with van der Waals surface area (Å²) in [6.07, 6.45) is 5.51. The number of hydrogen-bond acceptors (Lipinski definition) is 4. The third kappa shape index (κ3) is 4.11. The Kier molecular flexibility index (Phi) is 5.44. The van der Waals surface area contributed by atoms with Gasteiger partial charge in [0.1, 0.15) is 0 Å². The molecule has 0 aromatic carbocycles. The Morgan fingerprint density at radius 3 is 3.10 bits per heavy atom. The van der Waals surface area contributed by atoms with E-state index in [1.54, 1.807) is 12.2 Å². The lowest BCUT2D eigenvalue weighted by molar-refractivity contribution is -0.121. The first-order valence-electron chi connectivity index (χ1n) is 7.02. The van der Waals surface area contributed by atoms with E-state index < -0.39 is 0 Å². The van der Waals surface area contributed by atoms with Crippen molar-refractivity contribution in [2.24, 2.45) is 0 Å². The zero-order chi connectivity index (χ0) is 15.2. The third-order valence-electron chi connectivity index (χ3n) is 3.43. The van der Waals surface area contributed by atoms with E-state index in [1.165, 1.54) is 0 Å². The SMILES string of the molecule is CC1=C(CCNC(=O)CCCCl)NOC2=CCC(=O)C=C21. The molecule has 0 fully saturated rings. The largest absolute Gasteiger partial charge is 0.382 e. The molecule has 0 unspecified atom stereocenters. The quantitative estimate of drug-likeness (QED) is 0.737. The molecule has 5 nitrogen and oxygen atoms in total. The summed E-state index contributed by atoms with van der Waals surface area (Å²) in [6, 6.07) is 0. The Balaban J connectivity index is 1.91. The standard InChI is InChI=1S/C15H19ClN2O3/c1-10-12-9-11(19)4-5-14(12)21-18-13(10)6-8-17-15(20)3-2-7-16/h5,9,18H,2-4,6-8H2,1H3,(H,17,20). The van der Waals surface area contributed by atoms with Crippen molar-refractivity contribution < 1.29 is 14.4 Å². The molecular weight excluding hydrogens is 292 g/mol. The number of ketones is 1. The van der Waals surface area contributed by atoms with Crippen molar-refractivity contribution in [2.45, 2.75) is 32.6 Å². The zero-order valence-corrected chi connectivity index (χ0v) is 12.8. The fourth-order valence-corrected chi connectivity index (χ4v) is 2.35. The Bertz CT molecular complexity index is 535. The van der Waals surface area contributed by atoms with Gasteiger partial charge in [0.25, 0.3) is 0 Å². The number of allylic oxidation sites excluding steroid dienone is 3. The molecule has 0 saturated heterocycles. The second-order valence-corrected chi connectivity index (χ2v) is 5.37. The highest BCUT2D eigenvalue weighted by atomic mass is 35.5. The molecule has 2 N–H and O–H groups in total. The molecule has 1 heterocycles. The summed E-state index contributed by atoms with van der Waals surface area (Å²) in [6.45, 7) is 2.46. The lowest BCUT2D eigenvalue weighted by Gasteiger charge is -2.26. The summed E-state index contributed by atoms with van der Waals surface area (Å²) in [7, 11) is 0. The average Bonchev–Trinajstić information content (AvgIpc) is 2.48. The second kappa shape index (κ2) is 7.31. The predicted molar refractivity (Wildman–Crippen MR) is 80.3 cm³/mol. The molecule has 2 rings (SSSR count). The molecule has 114 valence electrons. The second-order valence-electron chi connectivity index (χ2n) is 5.00. The smallest absolute Gasteiger partial charge is 0.220 e. The van der Waals surface area contributed by atoms with Crippen LogP contribution in [0.25, 0.3) is 0 Å². The molecule has 21 heavy (non-hydrogen) atoms. The van der Waals surface area contributed by atoms with E-state index in [9.17, 15) is 9.59 Å². The molecule has 0 atom stereocenters. The summed E-state index contributed by atoms with van der Waals surface area (Å²) in [5, 5.41) is 2.84. The van der Waals surface area contributed by atoms with Crippen LogP contribution < -0.4 is 10.8 Å². The number of rotatable bonds is 6. The van der Waals surface area contributed by atoms with Crippen molar-refractivity contribution in [1.82, 2.24) is 10.8 Å². The molecule has 0 radical (unpaired) electrons. The molecular formula is C15H19ClN2O3. The first-order valence-corrected chi connectivity index (χ1v) is 7.56. The minimum atomic E-state index is -0.00160. The van der Waals surface area contributed by atoms with Gasteiger partial charge >= 0.3 is 0 Å². The number of amides is 1. The van der Waals surface area contributed by atoms with Gasteiger partial charge in [-0.1, -0.05) is 0 Å². The van der Waals surface area contributed by atoms with Crippen LogP contribution in [0.4, 0.5) is 0 Å². The average molecular weight is 311 g/mol. The van der Waals surface area contributed by atoms with Gasteiger partial charge in [0.15, 0.2) is 11.5 Å². The summed E-state index contributed by atoms with van der Waals surface area (Å²) in [4.78, 5) is 28.4. The molecule has 0 saturated carbocycles. The summed E-state index contributed by atoms with van der Waals surface area (Å²) in [5.41, 5.74) is 5.58. The number of nitrogens with one attached hydrogen (secondary N) is 2. The zero-order valence-electron chi connectivity index (χ0n) is 12.0. The van der Waals surface area contributed by atoms with Gasteiger partial charge in [-0.25, -0.2) is 5.48 Å². The Morgan fingerprint density at radius 2 is 2.33 bits per heavy atom. The highest BCUT2D eigenvalue weighted by Crippen LogP contribution is 2.30. The number of carbonyl (C=O) groups excluding carboxylic acids is 2. The van der Waals surface area contributed by atoms with Gasteiger partial charge in [0.2, 0.25) is 5.91 Å². The van der Waals surface area contributed by atoms with Gasteiger partial charge in [-0.05, 0) is 31.1 Å². The molecule has 0 aromatic rings. The number of fused-ring (bicyclic) bond motifs is 1. The van der Waals surface area contributed by atoms with Crippen LogP contribution in [-0.2, 0) is 14.4 Å². The number of hydrogen-bond donors (Lipinski definition) is 2. The highest BCUT2D eigenvalue weighted by molar-refractivity contribution is 6.17. The fraction of sp³-hybridized carbons (Fsp3) is 0.467. The summed E-state index contributed by atoms with van der Waals surface area (Å²) >= 11 is 5.54. The lowest BCUT2D eigenvalue weighted by Crippen LogP contribution is -2.29. The van der Waals surface area contributed by atoms with Crippen LogP contribution >= 0.6 is 11.6 Å². The van der Waals surface area contributed by atoms with Crippen molar-refractivity contribution in [3.8, 4) is 0 Å². The van der Waals surface area contributed by atoms with Crippen molar-refractivity contribution in [3.63, 3.8) is 0 Å². The first kappa shape index (κ1) is 15.6. The minimum Gasteiger partial charge on any atom is -0.382 e. The van der Waals surface area contributed by atoms with Gasteiger partial charge in [0, 0.05) is 37.3 Å². The van der Waals surface area contributed by atoms with Crippen LogP contribution in [0.15, 0.2) is 34.8 Å². The van der Waals surface area contributed by atoms with Gasteiger partial charge in [-0.3, -0.25) is 9.59 Å². The maximum absolute atomic E-state index is 11.5. The van der Waals surface area contributed by atoms with Gasteiger partial charge in [-0.2, -0.15) is 0 Å².